The molecule has 0 saturated carbocycles. The van der Waals surface area contributed by atoms with E-state index in [-0.39, 0.29) is 11.5 Å². The molecule has 0 saturated heterocycles. The van der Waals surface area contributed by atoms with Crippen LogP contribution in [-0.4, -0.2) is 22.5 Å². The molecule has 0 fully saturated rings. The first-order valence-corrected chi connectivity index (χ1v) is 14.3. The molecule has 1 atom stereocenters. The highest BCUT2D eigenvalue weighted by molar-refractivity contribution is 9.13. The summed E-state index contributed by atoms with van der Waals surface area (Å²) in [4.78, 5) is 18.2. The third-order valence-electron chi connectivity index (χ3n) is 5.88. The number of nitrogens with zero attached hydrogens (tertiary/aromatic N) is 3. The second-order valence-corrected chi connectivity index (χ2v) is 10.9. The van der Waals surface area contributed by atoms with Gasteiger partial charge < -0.3 is 9.47 Å². The molecule has 0 aliphatic carbocycles. The third-order valence-corrected chi connectivity index (χ3v) is 8.52. The van der Waals surface area contributed by atoms with Crippen molar-refractivity contribution in [1.29, 1.82) is 0 Å². The van der Waals surface area contributed by atoms with Gasteiger partial charge in [-0.05, 0) is 75.0 Å². The second-order valence-electron chi connectivity index (χ2n) is 8.43. The zero-order valence-corrected chi connectivity index (χ0v) is 25.4. The Bertz CT molecular complexity index is 1500. The largest absolute Gasteiger partial charge is 0.490 e. The lowest BCUT2D eigenvalue weighted by Crippen LogP contribution is -2.23. The van der Waals surface area contributed by atoms with E-state index >= 15 is 0 Å². The molecule has 0 amide bonds. The number of ether oxygens (including phenoxy) is 2. The second kappa shape index (κ2) is 12.4. The highest BCUT2D eigenvalue weighted by Gasteiger charge is 2.19. The van der Waals surface area contributed by atoms with Gasteiger partial charge >= 0.3 is 0 Å². The fraction of sp³-hybridized carbons (Fsp3) is 0.250. The van der Waals surface area contributed by atoms with Gasteiger partial charge in [0.2, 0.25) is 0 Å². The molecule has 0 radical (unpaired) electrons. The Hall–Kier alpha value is -2.49. The number of rotatable bonds is 9. The number of fused-ring (bicyclic) bond motifs is 1. The maximum absolute atomic E-state index is 13.5. The number of hydrogen-bond donors (Lipinski definition) is 0. The molecule has 0 aliphatic rings. The monoisotopic (exact) mass is 689 g/mol. The Morgan fingerprint density at radius 2 is 1.78 bits per heavy atom. The molecule has 4 aromatic rings. The zero-order chi connectivity index (χ0) is 26.5. The molecule has 4 rings (SSSR count). The zero-order valence-electron chi connectivity index (χ0n) is 20.7. The number of aromatic nitrogens is 2. The van der Waals surface area contributed by atoms with Gasteiger partial charge in [0.1, 0.15) is 12.4 Å². The standard InChI is InChI=1S/C28H26Br3N3O3/c1-4-17(3)27-33-22-12-11-20(29)14-21(22)28(35)34(27)32-15-19-13-23(36-5-2)26(25(31)24(19)30)37-16-18-9-7-6-8-10-18/h6-15,17H,4-5,16H2,1-3H3/t17-/m0/s1. The van der Waals surface area contributed by atoms with Gasteiger partial charge in [-0.15, -0.1) is 0 Å². The predicted octanol–water partition coefficient (Wildman–Crippen LogP) is 8.06. The molecule has 0 unspecified atom stereocenters. The number of halogens is 3. The van der Waals surface area contributed by atoms with E-state index in [1.165, 1.54) is 4.68 Å². The summed E-state index contributed by atoms with van der Waals surface area (Å²) in [6.45, 7) is 6.88. The van der Waals surface area contributed by atoms with Gasteiger partial charge in [0.05, 0.1) is 28.2 Å². The van der Waals surface area contributed by atoms with Crippen LogP contribution in [0.25, 0.3) is 10.9 Å². The maximum Gasteiger partial charge on any atom is 0.282 e. The van der Waals surface area contributed by atoms with Crippen LogP contribution in [0.15, 0.2) is 77.9 Å². The van der Waals surface area contributed by atoms with Crippen molar-refractivity contribution in [3.05, 3.63) is 95.3 Å². The van der Waals surface area contributed by atoms with Crippen LogP contribution in [-0.2, 0) is 6.61 Å². The molecule has 192 valence electrons. The average molecular weight is 692 g/mol. The van der Waals surface area contributed by atoms with E-state index in [0.29, 0.717) is 45.9 Å². The SMILES string of the molecule is CCOc1cc(C=Nn2c([C@@H](C)CC)nc3ccc(Br)cc3c2=O)c(Br)c(Br)c1OCc1ccccc1. The van der Waals surface area contributed by atoms with Gasteiger partial charge in [-0.1, -0.05) is 60.1 Å². The summed E-state index contributed by atoms with van der Waals surface area (Å²) < 4.78 is 15.7. The molecule has 0 N–H and O–H groups in total. The molecule has 6 nitrogen and oxygen atoms in total. The minimum absolute atomic E-state index is 0.0424. The first kappa shape index (κ1) is 27.5. The summed E-state index contributed by atoms with van der Waals surface area (Å²) in [6.07, 6.45) is 2.46. The van der Waals surface area contributed by atoms with Crippen molar-refractivity contribution in [3.63, 3.8) is 0 Å². The first-order valence-electron chi connectivity index (χ1n) is 11.9. The van der Waals surface area contributed by atoms with E-state index in [4.69, 9.17) is 14.5 Å². The van der Waals surface area contributed by atoms with Crippen molar-refractivity contribution in [2.75, 3.05) is 6.61 Å². The highest BCUT2D eigenvalue weighted by atomic mass is 79.9. The lowest BCUT2D eigenvalue weighted by Gasteiger charge is -2.17. The van der Waals surface area contributed by atoms with Crippen LogP contribution in [0.1, 0.15) is 50.1 Å². The summed E-state index contributed by atoms with van der Waals surface area (Å²) in [6, 6.07) is 17.3. The van der Waals surface area contributed by atoms with Gasteiger partial charge in [-0.2, -0.15) is 9.78 Å². The minimum atomic E-state index is -0.221. The molecule has 37 heavy (non-hydrogen) atoms. The van der Waals surface area contributed by atoms with Crippen molar-refractivity contribution in [3.8, 4) is 11.5 Å². The van der Waals surface area contributed by atoms with Crippen LogP contribution in [0.2, 0.25) is 0 Å². The van der Waals surface area contributed by atoms with Gasteiger partial charge in [0.15, 0.2) is 11.5 Å². The van der Waals surface area contributed by atoms with Crippen molar-refractivity contribution >= 4 is 64.9 Å². The van der Waals surface area contributed by atoms with E-state index in [2.05, 4.69) is 59.8 Å². The molecule has 0 bridgehead atoms. The molecular weight excluding hydrogens is 666 g/mol. The molecule has 0 aliphatic heterocycles. The molecular formula is C28H26Br3N3O3. The van der Waals surface area contributed by atoms with Gasteiger partial charge in [0.25, 0.3) is 5.56 Å². The molecule has 3 aromatic carbocycles. The van der Waals surface area contributed by atoms with Gasteiger partial charge in [0, 0.05) is 20.4 Å². The Morgan fingerprint density at radius 3 is 2.49 bits per heavy atom. The molecule has 0 spiro atoms. The fourth-order valence-electron chi connectivity index (χ4n) is 3.72. The number of hydrogen-bond acceptors (Lipinski definition) is 5. The normalized spacial score (nSPS) is 12.3. The summed E-state index contributed by atoms with van der Waals surface area (Å²) >= 11 is 10.8. The smallest absolute Gasteiger partial charge is 0.282 e. The van der Waals surface area contributed by atoms with Crippen LogP contribution in [0.4, 0.5) is 0 Å². The summed E-state index contributed by atoms with van der Waals surface area (Å²) in [5.41, 5.74) is 2.20. The topological polar surface area (TPSA) is 65.7 Å². The van der Waals surface area contributed by atoms with Crippen LogP contribution in [0.3, 0.4) is 0 Å². The molecule has 1 heterocycles. The maximum atomic E-state index is 13.5. The van der Waals surface area contributed by atoms with Crippen molar-refractivity contribution in [1.82, 2.24) is 9.66 Å². The Labute approximate surface area is 241 Å². The first-order chi connectivity index (χ1) is 17.8. The lowest BCUT2D eigenvalue weighted by atomic mass is 10.1. The highest BCUT2D eigenvalue weighted by Crippen LogP contribution is 2.43. The van der Waals surface area contributed by atoms with E-state index in [9.17, 15) is 4.79 Å². The van der Waals surface area contributed by atoms with Gasteiger partial charge in [-0.3, -0.25) is 4.79 Å². The minimum Gasteiger partial charge on any atom is -0.490 e. The van der Waals surface area contributed by atoms with E-state index in [1.54, 1.807) is 12.3 Å². The average Bonchev–Trinajstić information content (AvgIpc) is 2.91. The molecule has 9 heteroatoms. The van der Waals surface area contributed by atoms with Crippen LogP contribution in [0.5, 0.6) is 11.5 Å². The number of benzene rings is 3. The summed E-state index contributed by atoms with van der Waals surface area (Å²) in [5.74, 6) is 1.82. The Balaban J connectivity index is 1.77. The van der Waals surface area contributed by atoms with Crippen LogP contribution in [0, 0.1) is 0 Å². The van der Waals surface area contributed by atoms with Crippen LogP contribution >= 0.6 is 47.8 Å². The van der Waals surface area contributed by atoms with Crippen LogP contribution < -0.4 is 15.0 Å². The summed E-state index contributed by atoms with van der Waals surface area (Å²) in [5, 5.41) is 5.10. The predicted molar refractivity (Wildman–Crippen MR) is 159 cm³/mol. The van der Waals surface area contributed by atoms with E-state index in [0.717, 1.165) is 26.5 Å². The Kier molecular flexibility index (Phi) is 9.21. The van der Waals surface area contributed by atoms with Gasteiger partial charge in [-0.25, -0.2) is 4.98 Å². The Morgan fingerprint density at radius 1 is 1.03 bits per heavy atom. The van der Waals surface area contributed by atoms with E-state index in [1.807, 2.05) is 62.4 Å². The van der Waals surface area contributed by atoms with Crippen molar-refractivity contribution in [2.24, 2.45) is 5.10 Å². The lowest BCUT2D eigenvalue weighted by molar-refractivity contribution is 0.267. The third kappa shape index (κ3) is 6.16. The van der Waals surface area contributed by atoms with Crippen molar-refractivity contribution < 1.29 is 9.47 Å². The fourth-order valence-corrected chi connectivity index (χ4v) is 5.02. The van der Waals surface area contributed by atoms with Crippen molar-refractivity contribution in [2.45, 2.75) is 39.7 Å². The quantitative estimate of drug-likeness (QED) is 0.167. The summed E-state index contributed by atoms with van der Waals surface area (Å²) in [7, 11) is 0. The van der Waals surface area contributed by atoms with E-state index < -0.39 is 0 Å². The molecule has 1 aromatic heterocycles.